The molecule has 1 aliphatic heterocycles. The largest absolute Gasteiger partial charge is 0.314 e. The molecule has 1 aromatic carbocycles. The zero-order valence-electron chi connectivity index (χ0n) is 15.1. The molecule has 1 fully saturated rings. The fourth-order valence-electron chi connectivity index (χ4n) is 2.96. The van der Waals surface area contributed by atoms with Crippen molar-refractivity contribution in [2.24, 2.45) is 0 Å². The van der Waals surface area contributed by atoms with Crippen LogP contribution in [0.3, 0.4) is 0 Å². The maximum Gasteiger partial charge on any atom is 0.287 e. The van der Waals surface area contributed by atoms with Gasteiger partial charge >= 0.3 is 0 Å². The Labute approximate surface area is 163 Å². The van der Waals surface area contributed by atoms with Crippen LogP contribution in [0.25, 0.3) is 0 Å². The minimum atomic E-state index is -3.95. The van der Waals surface area contributed by atoms with Gasteiger partial charge in [0, 0.05) is 17.5 Å². The number of nitrogens with zero attached hydrogens (tertiary/aromatic N) is 3. The van der Waals surface area contributed by atoms with E-state index in [9.17, 15) is 13.2 Å². The molecular formula is C17H23N5O3S2. The van der Waals surface area contributed by atoms with Crippen LogP contribution in [0.2, 0.25) is 0 Å². The molecule has 2 aromatic rings. The van der Waals surface area contributed by atoms with Crippen LogP contribution in [0, 0.1) is 0 Å². The van der Waals surface area contributed by atoms with E-state index in [0.717, 1.165) is 24.3 Å². The molecule has 0 radical (unpaired) electrons. The van der Waals surface area contributed by atoms with Crippen molar-refractivity contribution in [3.05, 3.63) is 36.2 Å². The first kappa shape index (κ1) is 19.8. The predicted octanol–water partition coefficient (Wildman–Crippen LogP) is 1.65. The lowest BCUT2D eigenvalue weighted by Crippen LogP contribution is -2.34. The number of aromatic nitrogens is 3. The summed E-state index contributed by atoms with van der Waals surface area (Å²) in [7, 11) is -3.95. The number of hydrogen-bond acceptors (Lipinski definition) is 7. The second-order valence-electron chi connectivity index (χ2n) is 6.41. The molecule has 2 N–H and O–H groups in total. The number of hydrogen-bond donors (Lipinski definition) is 2. The minimum Gasteiger partial charge on any atom is -0.314 e. The van der Waals surface area contributed by atoms with Crippen molar-refractivity contribution in [2.75, 3.05) is 12.8 Å². The molecule has 1 aliphatic rings. The maximum absolute atomic E-state index is 12.4. The van der Waals surface area contributed by atoms with E-state index in [2.05, 4.69) is 15.6 Å². The molecule has 0 aliphatic carbocycles. The Balaban J connectivity index is 1.59. The molecule has 0 bridgehead atoms. The van der Waals surface area contributed by atoms with E-state index in [0.29, 0.717) is 12.6 Å². The highest BCUT2D eigenvalue weighted by Crippen LogP contribution is 2.17. The van der Waals surface area contributed by atoms with Gasteiger partial charge in [-0.2, -0.15) is 0 Å². The summed E-state index contributed by atoms with van der Waals surface area (Å²) in [6, 6.07) is 6.77. The smallest absolute Gasteiger partial charge is 0.287 e. The Kier molecular flexibility index (Phi) is 6.51. The van der Waals surface area contributed by atoms with Gasteiger partial charge in [-0.05, 0) is 56.3 Å². The summed E-state index contributed by atoms with van der Waals surface area (Å²) in [4.78, 5) is 13.2. The van der Waals surface area contributed by atoms with Crippen molar-refractivity contribution in [3.8, 4) is 0 Å². The van der Waals surface area contributed by atoms with E-state index in [1.807, 2.05) is 11.0 Å². The number of thioether (sulfide) groups is 1. The SMILES string of the molecule is CSc1ccc(S(=O)(=O)NC(=O)c2cn(CCC3CCCCN3)nn2)cc1. The molecule has 8 nitrogen and oxygen atoms in total. The molecular weight excluding hydrogens is 386 g/mol. The highest BCUT2D eigenvalue weighted by molar-refractivity contribution is 7.98. The molecule has 146 valence electrons. The lowest BCUT2D eigenvalue weighted by atomic mass is 10.0. The predicted molar refractivity (Wildman–Crippen MR) is 103 cm³/mol. The van der Waals surface area contributed by atoms with Crippen LogP contribution in [0.15, 0.2) is 40.3 Å². The average molecular weight is 410 g/mol. The van der Waals surface area contributed by atoms with Crippen LogP contribution in [0.4, 0.5) is 0 Å². The normalized spacial score (nSPS) is 17.6. The minimum absolute atomic E-state index is 0.0177. The Morgan fingerprint density at radius 2 is 2.11 bits per heavy atom. The van der Waals surface area contributed by atoms with E-state index < -0.39 is 15.9 Å². The topological polar surface area (TPSA) is 106 Å². The monoisotopic (exact) mass is 409 g/mol. The van der Waals surface area contributed by atoms with Gasteiger partial charge in [-0.15, -0.1) is 16.9 Å². The van der Waals surface area contributed by atoms with Crippen LogP contribution in [0.1, 0.15) is 36.2 Å². The summed E-state index contributed by atoms with van der Waals surface area (Å²) in [6.45, 7) is 1.66. The van der Waals surface area contributed by atoms with Gasteiger partial charge < -0.3 is 5.32 Å². The fourth-order valence-corrected chi connectivity index (χ4v) is 4.33. The van der Waals surface area contributed by atoms with Crippen LogP contribution in [-0.2, 0) is 16.6 Å². The Morgan fingerprint density at radius 3 is 2.78 bits per heavy atom. The lowest BCUT2D eigenvalue weighted by Gasteiger charge is -2.23. The van der Waals surface area contributed by atoms with Crippen LogP contribution in [0.5, 0.6) is 0 Å². The van der Waals surface area contributed by atoms with E-state index in [4.69, 9.17) is 0 Å². The van der Waals surface area contributed by atoms with Gasteiger partial charge in [0.05, 0.1) is 11.1 Å². The number of amides is 1. The van der Waals surface area contributed by atoms with E-state index in [-0.39, 0.29) is 10.6 Å². The van der Waals surface area contributed by atoms with Gasteiger partial charge in [0.15, 0.2) is 5.69 Å². The molecule has 0 spiro atoms. The first-order valence-corrected chi connectivity index (χ1v) is 11.5. The van der Waals surface area contributed by atoms with Crippen molar-refractivity contribution in [2.45, 2.75) is 48.1 Å². The third-order valence-corrected chi connectivity index (χ3v) is 6.58. The van der Waals surface area contributed by atoms with Crippen molar-refractivity contribution < 1.29 is 13.2 Å². The summed E-state index contributed by atoms with van der Waals surface area (Å²) in [5.74, 6) is -0.786. The molecule has 3 rings (SSSR count). The number of benzene rings is 1. The van der Waals surface area contributed by atoms with Gasteiger partial charge in [-0.1, -0.05) is 11.6 Å². The summed E-state index contributed by atoms with van der Waals surface area (Å²) in [5, 5.41) is 11.2. The quantitative estimate of drug-likeness (QED) is 0.670. The zero-order valence-corrected chi connectivity index (χ0v) is 16.7. The molecule has 1 aromatic heterocycles. The highest BCUT2D eigenvalue weighted by atomic mass is 32.2. The molecule has 1 saturated heterocycles. The number of sulfonamides is 1. The van der Waals surface area contributed by atoms with Crippen LogP contribution in [-0.4, -0.2) is 48.2 Å². The fraction of sp³-hybridized carbons (Fsp3) is 0.471. The average Bonchev–Trinajstić information content (AvgIpc) is 3.16. The number of rotatable bonds is 7. The maximum atomic E-state index is 12.4. The van der Waals surface area contributed by atoms with Crippen LogP contribution >= 0.6 is 11.8 Å². The number of aryl methyl sites for hydroxylation is 1. The summed E-state index contributed by atoms with van der Waals surface area (Å²) >= 11 is 1.51. The van der Waals surface area contributed by atoms with Crippen molar-refractivity contribution >= 4 is 27.7 Å². The Morgan fingerprint density at radius 1 is 1.33 bits per heavy atom. The summed E-state index contributed by atoms with van der Waals surface area (Å²) in [6.07, 6.45) is 7.83. The Hall–Kier alpha value is -1.91. The van der Waals surface area contributed by atoms with Crippen molar-refractivity contribution in [3.63, 3.8) is 0 Å². The molecule has 2 heterocycles. The first-order chi connectivity index (χ1) is 13.0. The second kappa shape index (κ2) is 8.85. The lowest BCUT2D eigenvalue weighted by molar-refractivity contribution is 0.0976. The van der Waals surface area contributed by atoms with Gasteiger partial charge in [0.1, 0.15) is 0 Å². The van der Waals surface area contributed by atoms with Gasteiger partial charge in [-0.25, -0.2) is 13.1 Å². The van der Waals surface area contributed by atoms with Gasteiger partial charge in [0.2, 0.25) is 0 Å². The molecule has 27 heavy (non-hydrogen) atoms. The summed E-state index contributed by atoms with van der Waals surface area (Å²) < 4.78 is 28.3. The third-order valence-electron chi connectivity index (χ3n) is 4.49. The van der Waals surface area contributed by atoms with Gasteiger partial charge in [0.25, 0.3) is 15.9 Å². The molecule has 1 unspecified atom stereocenters. The number of carbonyl (C=O) groups is 1. The molecule has 1 atom stereocenters. The standard InChI is InChI=1S/C17H23N5O3S2/c1-26-14-5-7-15(8-6-14)27(24,25)20-17(23)16-12-22(21-19-16)11-9-13-4-2-3-10-18-13/h5-8,12-13,18H,2-4,9-11H2,1H3,(H,20,23). The molecule has 10 heteroatoms. The van der Waals surface area contributed by atoms with Crippen molar-refractivity contribution in [1.82, 2.24) is 25.0 Å². The number of piperidine rings is 1. The van der Waals surface area contributed by atoms with Crippen molar-refractivity contribution in [1.29, 1.82) is 0 Å². The molecule has 0 saturated carbocycles. The second-order valence-corrected chi connectivity index (χ2v) is 8.97. The number of nitrogens with one attached hydrogen (secondary N) is 2. The molecule has 1 amide bonds. The van der Waals surface area contributed by atoms with E-state index in [1.165, 1.54) is 42.9 Å². The summed E-state index contributed by atoms with van der Waals surface area (Å²) in [5.41, 5.74) is -0.0177. The van der Waals surface area contributed by atoms with Crippen LogP contribution < -0.4 is 10.0 Å². The van der Waals surface area contributed by atoms with Gasteiger partial charge in [-0.3, -0.25) is 9.48 Å². The third kappa shape index (κ3) is 5.30. The Bertz CT molecular complexity index is 874. The zero-order chi connectivity index (χ0) is 19.3. The highest BCUT2D eigenvalue weighted by Gasteiger charge is 2.21. The van der Waals surface area contributed by atoms with E-state index >= 15 is 0 Å². The first-order valence-electron chi connectivity index (χ1n) is 8.82. The number of carbonyl (C=O) groups excluding carboxylic acids is 1. The van der Waals surface area contributed by atoms with E-state index in [1.54, 1.807) is 16.8 Å².